The molecule has 1 unspecified atom stereocenters. The van der Waals surface area contributed by atoms with Gasteiger partial charge in [-0.15, -0.1) is 0 Å². The predicted molar refractivity (Wildman–Crippen MR) is 74.5 cm³/mol. The molecule has 0 saturated heterocycles. The number of aromatic hydroxyl groups is 1. The summed E-state index contributed by atoms with van der Waals surface area (Å²) in [7, 11) is 0. The zero-order valence-electron chi connectivity index (χ0n) is 10.7. The van der Waals surface area contributed by atoms with Crippen molar-refractivity contribution < 1.29 is 5.11 Å². The molecule has 1 aliphatic rings. The summed E-state index contributed by atoms with van der Waals surface area (Å²) in [5, 5.41) is 18.6. The zero-order valence-corrected chi connectivity index (χ0v) is 11.5. The van der Waals surface area contributed by atoms with Gasteiger partial charge in [-0.3, -0.25) is 4.68 Å². The van der Waals surface area contributed by atoms with Crippen molar-refractivity contribution in [2.24, 2.45) is 0 Å². The van der Waals surface area contributed by atoms with Crippen LogP contribution in [-0.2, 0) is 13.0 Å². The summed E-state index contributed by atoms with van der Waals surface area (Å²) in [6.45, 7) is 3.57. The van der Waals surface area contributed by atoms with Gasteiger partial charge >= 0.3 is 0 Å². The van der Waals surface area contributed by atoms with E-state index in [-0.39, 0.29) is 6.04 Å². The standard InChI is InChI=1S/C14H16ClN3O/c1-9-6-17-18(7-9)8-12-14-10(4-5-16-12)11(15)2-3-13(14)19/h2-3,6-7,12,16,19H,4-5,8H2,1H3. The molecule has 5 heteroatoms. The van der Waals surface area contributed by atoms with Crippen molar-refractivity contribution in [3.8, 4) is 5.75 Å². The minimum absolute atomic E-state index is 0.0433. The number of hydrogen-bond donors (Lipinski definition) is 2. The molecule has 4 nitrogen and oxygen atoms in total. The van der Waals surface area contributed by atoms with Crippen LogP contribution in [0.15, 0.2) is 24.5 Å². The molecule has 1 atom stereocenters. The summed E-state index contributed by atoms with van der Waals surface area (Å²) in [4.78, 5) is 0. The van der Waals surface area contributed by atoms with Gasteiger partial charge in [0.2, 0.25) is 0 Å². The molecule has 2 heterocycles. The van der Waals surface area contributed by atoms with E-state index < -0.39 is 0 Å². The van der Waals surface area contributed by atoms with Crippen molar-refractivity contribution >= 4 is 11.6 Å². The molecule has 0 radical (unpaired) electrons. The number of phenols is 1. The number of nitrogens with zero attached hydrogens (tertiary/aromatic N) is 2. The van der Waals surface area contributed by atoms with E-state index in [4.69, 9.17) is 11.6 Å². The van der Waals surface area contributed by atoms with Gasteiger partial charge in [-0.05, 0) is 43.1 Å². The SMILES string of the molecule is Cc1cnn(CC2NCCc3c(Cl)ccc(O)c32)c1. The Morgan fingerprint density at radius 2 is 2.37 bits per heavy atom. The molecule has 0 amide bonds. The minimum atomic E-state index is 0.0433. The third-order valence-corrected chi connectivity index (χ3v) is 3.88. The fraction of sp³-hybridized carbons (Fsp3) is 0.357. The average molecular weight is 278 g/mol. The van der Waals surface area contributed by atoms with Gasteiger partial charge in [0.1, 0.15) is 5.75 Å². The monoisotopic (exact) mass is 277 g/mol. The third-order valence-electron chi connectivity index (χ3n) is 3.52. The number of hydrogen-bond acceptors (Lipinski definition) is 3. The molecule has 2 N–H and O–H groups in total. The maximum atomic E-state index is 10.1. The fourth-order valence-corrected chi connectivity index (χ4v) is 2.91. The Morgan fingerprint density at radius 3 is 3.11 bits per heavy atom. The third kappa shape index (κ3) is 2.33. The van der Waals surface area contributed by atoms with E-state index in [1.54, 1.807) is 12.1 Å². The molecule has 0 fully saturated rings. The van der Waals surface area contributed by atoms with Crippen LogP contribution in [-0.4, -0.2) is 21.4 Å². The predicted octanol–water partition coefficient (Wildman–Crippen LogP) is 2.44. The van der Waals surface area contributed by atoms with Crippen LogP contribution in [0.3, 0.4) is 0 Å². The number of aryl methyl sites for hydroxylation is 1. The first kappa shape index (κ1) is 12.5. The van der Waals surface area contributed by atoms with E-state index >= 15 is 0 Å². The van der Waals surface area contributed by atoms with Crippen LogP contribution in [0.4, 0.5) is 0 Å². The second-order valence-corrected chi connectivity index (χ2v) is 5.36. The molecule has 3 rings (SSSR count). The average Bonchev–Trinajstić information content (AvgIpc) is 2.80. The summed E-state index contributed by atoms with van der Waals surface area (Å²) in [5.74, 6) is 0.306. The summed E-state index contributed by atoms with van der Waals surface area (Å²) in [6.07, 6.45) is 4.68. The highest BCUT2D eigenvalue weighted by Crippen LogP contribution is 2.36. The van der Waals surface area contributed by atoms with E-state index in [1.165, 1.54) is 0 Å². The van der Waals surface area contributed by atoms with Crippen molar-refractivity contribution in [1.82, 2.24) is 15.1 Å². The highest BCUT2D eigenvalue weighted by atomic mass is 35.5. The van der Waals surface area contributed by atoms with Crippen LogP contribution >= 0.6 is 11.6 Å². The number of nitrogens with one attached hydrogen (secondary N) is 1. The number of aromatic nitrogens is 2. The van der Waals surface area contributed by atoms with Crippen LogP contribution in [0.5, 0.6) is 5.75 Å². The number of halogens is 1. The lowest BCUT2D eigenvalue weighted by Gasteiger charge is -2.28. The first-order chi connectivity index (χ1) is 9.15. The molecule has 2 aromatic rings. The molecular weight excluding hydrogens is 262 g/mol. The van der Waals surface area contributed by atoms with Crippen molar-refractivity contribution in [2.75, 3.05) is 6.54 Å². The van der Waals surface area contributed by atoms with Crippen LogP contribution in [0, 0.1) is 6.92 Å². The second kappa shape index (κ2) is 4.87. The van der Waals surface area contributed by atoms with E-state index in [2.05, 4.69) is 10.4 Å². The largest absolute Gasteiger partial charge is 0.508 e. The lowest BCUT2D eigenvalue weighted by atomic mass is 9.93. The van der Waals surface area contributed by atoms with Crippen molar-refractivity contribution in [3.05, 3.63) is 46.2 Å². The Bertz CT molecular complexity index is 609. The highest BCUT2D eigenvalue weighted by Gasteiger charge is 2.25. The maximum Gasteiger partial charge on any atom is 0.120 e. The van der Waals surface area contributed by atoms with Crippen LogP contribution in [0.1, 0.15) is 22.7 Å². The summed E-state index contributed by atoms with van der Waals surface area (Å²) < 4.78 is 1.89. The molecule has 0 spiro atoms. The molecule has 1 aromatic carbocycles. The van der Waals surface area contributed by atoms with Gasteiger partial charge in [0, 0.05) is 16.8 Å². The van der Waals surface area contributed by atoms with E-state index in [1.807, 2.05) is 24.0 Å². The van der Waals surface area contributed by atoms with Crippen molar-refractivity contribution in [2.45, 2.75) is 25.9 Å². The van der Waals surface area contributed by atoms with Gasteiger partial charge in [0.25, 0.3) is 0 Å². The lowest BCUT2D eigenvalue weighted by Crippen LogP contribution is -2.33. The normalized spacial score (nSPS) is 18.3. The van der Waals surface area contributed by atoms with E-state index in [0.717, 1.165) is 34.7 Å². The summed E-state index contributed by atoms with van der Waals surface area (Å²) >= 11 is 6.23. The molecule has 100 valence electrons. The topological polar surface area (TPSA) is 50.1 Å². The second-order valence-electron chi connectivity index (χ2n) is 4.96. The van der Waals surface area contributed by atoms with Crippen molar-refractivity contribution in [1.29, 1.82) is 0 Å². The number of fused-ring (bicyclic) bond motifs is 1. The Kier molecular flexibility index (Phi) is 3.21. The number of benzene rings is 1. The van der Waals surface area contributed by atoms with E-state index in [0.29, 0.717) is 12.3 Å². The van der Waals surface area contributed by atoms with E-state index in [9.17, 15) is 5.11 Å². The molecular formula is C14H16ClN3O. The molecule has 0 aliphatic carbocycles. The fourth-order valence-electron chi connectivity index (χ4n) is 2.65. The number of phenolic OH excluding ortho intramolecular Hbond substituents is 1. The van der Waals surface area contributed by atoms with Crippen LogP contribution in [0.25, 0.3) is 0 Å². The molecule has 1 aromatic heterocycles. The summed E-state index contributed by atoms with van der Waals surface area (Å²) in [6, 6.07) is 3.47. The van der Waals surface area contributed by atoms with Gasteiger partial charge in [-0.2, -0.15) is 5.10 Å². The van der Waals surface area contributed by atoms with Crippen LogP contribution < -0.4 is 5.32 Å². The Hall–Kier alpha value is -1.52. The van der Waals surface area contributed by atoms with Gasteiger partial charge in [-0.1, -0.05) is 11.6 Å². The van der Waals surface area contributed by atoms with Gasteiger partial charge in [-0.25, -0.2) is 0 Å². The highest BCUT2D eigenvalue weighted by molar-refractivity contribution is 6.31. The molecule has 0 saturated carbocycles. The lowest BCUT2D eigenvalue weighted by molar-refractivity contribution is 0.393. The maximum absolute atomic E-state index is 10.1. The summed E-state index contributed by atoms with van der Waals surface area (Å²) in [5.41, 5.74) is 3.09. The van der Waals surface area contributed by atoms with Gasteiger partial charge < -0.3 is 10.4 Å². The molecule has 19 heavy (non-hydrogen) atoms. The molecule has 1 aliphatic heterocycles. The molecule has 0 bridgehead atoms. The Labute approximate surface area is 117 Å². The zero-order chi connectivity index (χ0) is 13.4. The van der Waals surface area contributed by atoms with Crippen LogP contribution in [0.2, 0.25) is 5.02 Å². The Morgan fingerprint density at radius 1 is 1.53 bits per heavy atom. The minimum Gasteiger partial charge on any atom is -0.508 e. The Balaban J connectivity index is 1.96. The quantitative estimate of drug-likeness (QED) is 0.886. The van der Waals surface area contributed by atoms with Gasteiger partial charge in [0.05, 0.1) is 18.8 Å². The van der Waals surface area contributed by atoms with Crippen molar-refractivity contribution in [3.63, 3.8) is 0 Å². The van der Waals surface area contributed by atoms with Gasteiger partial charge in [0.15, 0.2) is 0 Å². The smallest absolute Gasteiger partial charge is 0.120 e. The first-order valence-corrected chi connectivity index (χ1v) is 6.75. The number of rotatable bonds is 2. The first-order valence-electron chi connectivity index (χ1n) is 6.38.